The van der Waals surface area contributed by atoms with Crippen LogP contribution in [0.2, 0.25) is 5.02 Å². The second-order valence-corrected chi connectivity index (χ2v) is 4.52. The van der Waals surface area contributed by atoms with Crippen LogP contribution in [-0.4, -0.2) is 10.9 Å². The van der Waals surface area contributed by atoms with Gasteiger partial charge in [-0.2, -0.15) is 13.2 Å². The number of nitrogens with two attached hydrogens (primary N) is 1. The summed E-state index contributed by atoms with van der Waals surface area (Å²) in [6, 6.07) is 4.06. The standard InChI is InChI=1S/C13H9ClF3N3O/c14-9-6-19-4-3-8(9)12(21)20-11-2-1-7(5-10(11)18)13(15,16)17/h1-6H,18H2,(H,20,21). The van der Waals surface area contributed by atoms with E-state index in [1.807, 2.05) is 0 Å². The minimum absolute atomic E-state index is 0.0703. The predicted molar refractivity (Wildman–Crippen MR) is 73.1 cm³/mol. The molecule has 21 heavy (non-hydrogen) atoms. The maximum absolute atomic E-state index is 12.5. The predicted octanol–water partition coefficient (Wildman–Crippen LogP) is 3.59. The Labute approximate surface area is 122 Å². The number of carbonyl (C=O) groups is 1. The first-order chi connectivity index (χ1) is 9.79. The number of alkyl halides is 3. The molecule has 4 nitrogen and oxygen atoms in total. The molecular formula is C13H9ClF3N3O. The average Bonchev–Trinajstić information content (AvgIpc) is 2.40. The van der Waals surface area contributed by atoms with Gasteiger partial charge in [-0.05, 0) is 24.3 Å². The topological polar surface area (TPSA) is 68.0 Å². The minimum atomic E-state index is -4.49. The van der Waals surface area contributed by atoms with Crippen molar-refractivity contribution in [3.8, 4) is 0 Å². The number of nitrogens with zero attached hydrogens (tertiary/aromatic N) is 1. The van der Waals surface area contributed by atoms with Crippen LogP contribution in [0.1, 0.15) is 15.9 Å². The third-order valence-electron chi connectivity index (χ3n) is 2.64. The Morgan fingerprint density at radius 2 is 2.00 bits per heavy atom. The number of nitrogens with one attached hydrogen (secondary N) is 1. The van der Waals surface area contributed by atoms with E-state index < -0.39 is 17.6 Å². The molecule has 0 fully saturated rings. The monoisotopic (exact) mass is 315 g/mol. The lowest BCUT2D eigenvalue weighted by molar-refractivity contribution is -0.137. The maximum Gasteiger partial charge on any atom is 0.416 e. The molecule has 1 aromatic heterocycles. The molecule has 2 aromatic rings. The zero-order chi connectivity index (χ0) is 15.6. The third kappa shape index (κ3) is 3.43. The molecule has 0 aliphatic heterocycles. The molecule has 3 N–H and O–H groups in total. The summed E-state index contributed by atoms with van der Waals surface area (Å²) in [4.78, 5) is 15.7. The van der Waals surface area contributed by atoms with E-state index in [9.17, 15) is 18.0 Å². The number of aromatic nitrogens is 1. The Morgan fingerprint density at radius 1 is 1.29 bits per heavy atom. The SMILES string of the molecule is Nc1cc(C(F)(F)F)ccc1NC(=O)c1ccncc1Cl. The van der Waals surface area contributed by atoms with Crippen molar-refractivity contribution in [2.24, 2.45) is 0 Å². The Kier molecular flexibility index (Phi) is 4.04. The van der Waals surface area contributed by atoms with Crippen LogP contribution in [0, 0.1) is 0 Å². The average molecular weight is 316 g/mol. The Balaban J connectivity index is 2.25. The molecule has 0 aliphatic rings. The van der Waals surface area contributed by atoms with Crippen molar-refractivity contribution in [2.75, 3.05) is 11.1 Å². The van der Waals surface area contributed by atoms with Gasteiger partial charge in [-0.3, -0.25) is 9.78 Å². The second kappa shape index (κ2) is 5.61. The highest BCUT2D eigenvalue weighted by Gasteiger charge is 2.30. The van der Waals surface area contributed by atoms with Gasteiger partial charge in [0.15, 0.2) is 0 Å². The van der Waals surface area contributed by atoms with Crippen molar-refractivity contribution in [1.82, 2.24) is 4.98 Å². The third-order valence-corrected chi connectivity index (χ3v) is 2.95. The van der Waals surface area contributed by atoms with Gasteiger partial charge in [0.2, 0.25) is 0 Å². The maximum atomic E-state index is 12.5. The summed E-state index contributed by atoms with van der Waals surface area (Å²) in [7, 11) is 0. The number of hydrogen-bond donors (Lipinski definition) is 2. The molecule has 0 saturated carbocycles. The zero-order valence-corrected chi connectivity index (χ0v) is 11.2. The van der Waals surface area contributed by atoms with Gasteiger partial charge in [0.05, 0.1) is 27.5 Å². The highest BCUT2D eigenvalue weighted by atomic mass is 35.5. The van der Waals surface area contributed by atoms with Crippen LogP contribution in [0.3, 0.4) is 0 Å². The van der Waals surface area contributed by atoms with Gasteiger partial charge in [-0.15, -0.1) is 0 Å². The molecule has 110 valence electrons. The molecule has 0 aliphatic carbocycles. The van der Waals surface area contributed by atoms with Crippen LogP contribution < -0.4 is 11.1 Å². The van der Waals surface area contributed by atoms with Crippen LogP contribution in [0.4, 0.5) is 24.5 Å². The summed E-state index contributed by atoms with van der Waals surface area (Å²) in [5.41, 5.74) is 4.66. The van der Waals surface area contributed by atoms with E-state index >= 15 is 0 Å². The largest absolute Gasteiger partial charge is 0.416 e. The number of benzene rings is 1. The summed E-state index contributed by atoms with van der Waals surface area (Å²) in [6.45, 7) is 0. The highest BCUT2D eigenvalue weighted by molar-refractivity contribution is 6.34. The summed E-state index contributed by atoms with van der Waals surface area (Å²) in [5, 5.41) is 2.53. The van der Waals surface area contributed by atoms with E-state index in [0.29, 0.717) is 0 Å². The van der Waals surface area contributed by atoms with Gasteiger partial charge in [0.1, 0.15) is 0 Å². The highest BCUT2D eigenvalue weighted by Crippen LogP contribution is 2.33. The van der Waals surface area contributed by atoms with Crippen molar-refractivity contribution in [3.63, 3.8) is 0 Å². The summed E-state index contributed by atoms with van der Waals surface area (Å²) >= 11 is 5.81. The first-order valence-corrected chi connectivity index (χ1v) is 6.04. The zero-order valence-electron chi connectivity index (χ0n) is 10.4. The lowest BCUT2D eigenvalue weighted by Gasteiger charge is -2.12. The lowest BCUT2D eigenvalue weighted by Crippen LogP contribution is -2.14. The van der Waals surface area contributed by atoms with Gasteiger partial charge < -0.3 is 11.1 Å². The van der Waals surface area contributed by atoms with E-state index in [1.165, 1.54) is 18.5 Å². The number of carbonyl (C=O) groups excluding carboxylic acids is 1. The van der Waals surface area contributed by atoms with Crippen LogP contribution in [0.5, 0.6) is 0 Å². The first kappa shape index (κ1) is 15.1. The number of nitrogen functional groups attached to an aromatic ring is 1. The van der Waals surface area contributed by atoms with Crippen molar-refractivity contribution < 1.29 is 18.0 Å². The van der Waals surface area contributed by atoms with E-state index in [2.05, 4.69) is 10.3 Å². The summed E-state index contributed by atoms with van der Waals surface area (Å²) < 4.78 is 37.5. The molecule has 0 unspecified atom stereocenters. The Morgan fingerprint density at radius 3 is 2.57 bits per heavy atom. The van der Waals surface area contributed by atoms with Crippen LogP contribution >= 0.6 is 11.6 Å². The number of rotatable bonds is 2. The number of amides is 1. The fourth-order valence-electron chi connectivity index (χ4n) is 1.60. The van der Waals surface area contributed by atoms with E-state index in [-0.39, 0.29) is 22.0 Å². The molecule has 2 rings (SSSR count). The second-order valence-electron chi connectivity index (χ2n) is 4.11. The number of pyridine rings is 1. The van der Waals surface area contributed by atoms with Crippen LogP contribution in [-0.2, 0) is 6.18 Å². The van der Waals surface area contributed by atoms with Gasteiger partial charge in [-0.25, -0.2) is 0 Å². The Hall–Kier alpha value is -2.28. The lowest BCUT2D eigenvalue weighted by atomic mass is 10.1. The van der Waals surface area contributed by atoms with E-state index in [4.69, 9.17) is 17.3 Å². The smallest absolute Gasteiger partial charge is 0.397 e. The fraction of sp³-hybridized carbons (Fsp3) is 0.0769. The molecule has 0 saturated heterocycles. The van der Waals surface area contributed by atoms with Crippen molar-refractivity contribution in [3.05, 3.63) is 52.8 Å². The summed E-state index contributed by atoms with van der Waals surface area (Å²) in [6.07, 6.45) is -1.84. The van der Waals surface area contributed by atoms with Crippen molar-refractivity contribution in [2.45, 2.75) is 6.18 Å². The number of hydrogen-bond acceptors (Lipinski definition) is 3. The van der Waals surface area contributed by atoms with Crippen LogP contribution in [0.15, 0.2) is 36.7 Å². The molecular weight excluding hydrogens is 307 g/mol. The normalized spacial score (nSPS) is 11.2. The molecule has 1 aromatic carbocycles. The van der Waals surface area contributed by atoms with E-state index in [0.717, 1.165) is 18.2 Å². The van der Waals surface area contributed by atoms with Gasteiger partial charge in [-0.1, -0.05) is 11.6 Å². The molecule has 0 spiro atoms. The quantitative estimate of drug-likeness (QED) is 0.832. The summed E-state index contributed by atoms with van der Waals surface area (Å²) in [5.74, 6) is -0.589. The molecule has 0 atom stereocenters. The number of anilines is 2. The first-order valence-electron chi connectivity index (χ1n) is 5.66. The van der Waals surface area contributed by atoms with Crippen LogP contribution in [0.25, 0.3) is 0 Å². The molecule has 0 bridgehead atoms. The van der Waals surface area contributed by atoms with Gasteiger partial charge in [0.25, 0.3) is 5.91 Å². The Bertz CT molecular complexity index is 689. The minimum Gasteiger partial charge on any atom is -0.397 e. The van der Waals surface area contributed by atoms with Crippen molar-refractivity contribution in [1.29, 1.82) is 0 Å². The molecule has 1 heterocycles. The van der Waals surface area contributed by atoms with Gasteiger partial charge in [0, 0.05) is 12.4 Å². The fourth-order valence-corrected chi connectivity index (χ4v) is 1.81. The molecule has 0 radical (unpaired) electrons. The number of halogens is 4. The molecule has 1 amide bonds. The van der Waals surface area contributed by atoms with Crippen molar-refractivity contribution >= 4 is 28.9 Å². The molecule has 8 heteroatoms. The van der Waals surface area contributed by atoms with E-state index in [1.54, 1.807) is 0 Å². The van der Waals surface area contributed by atoms with Gasteiger partial charge >= 0.3 is 6.18 Å².